The van der Waals surface area contributed by atoms with Gasteiger partial charge < -0.3 is 10.1 Å². The third-order valence-electron chi connectivity index (χ3n) is 3.32. The molecule has 1 unspecified atom stereocenters. The molecule has 0 aliphatic carbocycles. The van der Waals surface area contributed by atoms with Crippen LogP contribution in [0, 0.1) is 16.0 Å². The molecule has 0 aliphatic rings. The van der Waals surface area contributed by atoms with E-state index in [-0.39, 0.29) is 4.92 Å². The number of nitro groups is 1. The van der Waals surface area contributed by atoms with Crippen LogP contribution in [0.4, 0.5) is 4.79 Å². The minimum atomic E-state index is -0.890. The second kappa shape index (κ2) is 8.20. The summed E-state index contributed by atoms with van der Waals surface area (Å²) in [6, 6.07) is 0. The van der Waals surface area contributed by atoms with Crippen molar-refractivity contribution in [3.05, 3.63) is 10.1 Å². The van der Waals surface area contributed by atoms with Crippen molar-refractivity contribution in [3.8, 4) is 0 Å². The molecule has 21 heavy (non-hydrogen) atoms. The van der Waals surface area contributed by atoms with E-state index < -0.39 is 17.2 Å². The maximum absolute atomic E-state index is 11.5. The Balaban J connectivity index is 4.04. The Morgan fingerprint density at radius 3 is 2.29 bits per heavy atom. The second-order valence-corrected chi connectivity index (χ2v) is 7.12. The fourth-order valence-corrected chi connectivity index (χ4v) is 2.13. The van der Waals surface area contributed by atoms with E-state index in [2.05, 4.69) is 5.32 Å². The molecule has 0 aromatic rings. The first-order valence-corrected chi connectivity index (χ1v) is 7.59. The van der Waals surface area contributed by atoms with E-state index in [1.54, 1.807) is 13.8 Å². The molecular weight excluding hydrogens is 272 g/mol. The van der Waals surface area contributed by atoms with Gasteiger partial charge in [-0.2, -0.15) is 0 Å². The Morgan fingerprint density at radius 1 is 1.29 bits per heavy atom. The highest BCUT2D eigenvalue weighted by molar-refractivity contribution is 5.67. The van der Waals surface area contributed by atoms with E-state index in [0.717, 1.165) is 19.3 Å². The predicted molar refractivity (Wildman–Crippen MR) is 82.9 cm³/mol. The van der Waals surface area contributed by atoms with Gasteiger partial charge in [-0.3, -0.25) is 10.1 Å². The van der Waals surface area contributed by atoms with Crippen molar-refractivity contribution in [2.45, 2.75) is 78.4 Å². The van der Waals surface area contributed by atoms with Crippen molar-refractivity contribution in [2.75, 3.05) is 6.54 Å². The molecular formula is C15H30N2O4. The number of nitrogens with one attached hydrogen (secondary N) is 1. The average Bonchev–Trinajstić information content (AvgIpc) is 2.30. The summed E-state index contributed by atoms with van der Waals surface area (Å²) in [5, 5.41) is 13.7. The molecule has 0 saturated carbocycles. The molecule has 0 aromatic heterocycles. The number of carbonyl (C=O) groups is 1. The third-order valence-corrected chi connectivity index (χ3v) is 3.32. The Labute approximate surface area is 127 Å². The van der Waals surface area contributed by atoms with E-state index in [4.69, 9.17) is 4.74 Å². The van der Waals surface area contributed by atoms with Crippen LogP contribution >= 0.6 is 0 Å². The second-order valence-electron chi connectivity index (χ2n) is 7.12. The monoisotopic (exact) mass is 302 g/mol. The quantitative estimate of drug-likeness (QED) is 0.420. The highest BCUT2D eigenvalue weighted by atomic mass is 16.6. The average molecular weight is 302 g/mol. The van der Waals surface area contributed by atoms with Gasteiger partial charge in [-0.1, -0.05) is 13.3 Å². The van der Waals surface area contributed by atoms with E-state index in [9.17, 15) is 14.9 Å². The third kappa shape index (κ3) is 9.26. The summed E-state index contributed by atoms with van der Waals surface area (Å²) in [5.41, 5.74) is -1.38. The van der Waals surface area contributed by atoms with E-state index in [1.807, 2.05) is 27.7 Å². The van der Waals surface area contributed by atoms with Crippen molar-refractivity contribution < 1.29 is 14.5 Å². The van der Waals surface area contributed by atoms with Crippen LogP contribution in [0.25, 0.3) is 0 Å². The van der Waals surface area contributed by atoms with Gasteiger partial charge in [-0.05, 0) is 39.5 Å². The summed E-state index contributed by atoms with van der Waals surface area (Å²) < 4.78 is 5.14. The molecule has 1 N–H and O–H groups in total. The number of alkyl carbamates (subject to hydrolysis) is 1. The molecule has 0 aliphatic heterocycles. The van der Waals surface area contributed by atoms with Crippen LogP contribution in [0.3, 0.4) is 0 Å². The Bertz CT molecular complexity index is 348. The highest BCUT2D eigenvalue weighted by Crippen LogP contribution is 2.25. The first kappa shape index (κ1) is 19.7. The molecule has 0 bridgehead atoms. The standard InChI is InChI=1S/C15H30N2O4/c1-7-12(11-15(5,6)17(19)20)9-8-10-16-13(18)21-14(2,3)4/h12H,7-11H2,1-6H3,(H,16,18). The summed E-state index contributed by atoms with van der Waals surface area (Å²) >= 11 is 0. The van der Waals surface area contributed by atoms with Gasteiger partial charge in [0, 0.05) is 31.7 Å². The Kier molecular flexibility index (Phi) is 7.68. The zero-order valence-electron chi connectivity index (χ0n) is 14.2. The maximum Gasteiger partial charge on any atom is 0.407 e. The normalized spacial score (nSPS) is 13.6. The zero-order chi connectivity index (χ0) is 16.7. The van der Waals surface area contributed by atoms with Crippen molar-refractivity contribution in [2.24, 2.45) is 5.92 Å². The Morgan fingerprint density at radius 2 is 1.86 bits per heavy atom. The van der Waals surface area contributed by atoms with Crippen LogP contribution in [-0.2, 0) is 4.74 Å². The van der Waals surface area contributed by atoms with Gasteiger partial charge in [0.15, 0.2) is 0 Å². The SMILES string of the molecule is CCC(CCCNC(=O)OC(C)(C)C)CC(C)(C)[N+](=O)[O-]. The van der Waals surface area contributed by atoms with Gasteiger partial charge in [0.25, 0.3) is 0 Å². The topological polar surface area (TPSA) is 81.5 Å². The van der Waals surface area contributed by atoms with E-state index >= 15 is 0 Å². The summed E-state index contributed by atoms with van der Waals surface area (Å²) in [5.74, 6) is 0.297. The molecule has 0 heterocycles. The summed E-state index contributed by atoms with van der Waals surface area (Å²) in [7, 11) is 0. The molecule has 1 amide bonds. The molecule has 1 atom stereocenters. The van der Waals surface area contributed by atoms with E-state index in [1.165, 1.54) is 0 Å². The van der Waals surface area contributed by atoms with Crippen molar-refractivity contribution in [1.29, 1.82) is 0 Å². The minimum Gasteiger partial charge on any atom is -0.444 e. The smallest absolute Gasteiger partial charge is 0.407 e. The molecule has 0 fully saturated rings. The van der Waals surface area contributed by atoms with Gasteiger partial charge >= 0.3 is 6.09 Å². The van der Waals surface area contributed by atoms with E-state index in [0.29, 0.717) is 18.9 Å². The number of ether oxygens (including phenoxy) is 1. The van der Waals surface area contributed by atoms with Crippen LogP contribution in [0.15, 0.2) is 0 Å². The molecule has 0 rings (SSSR count). The number of carbonyl (C=O) groups excluding carboxylic acids is 1. The fraction of sp³-hybridized carbons (Fsp3) is 0.933. The van der Waals surface area contributed by atoms with Crippen LogP contribution in [0.1, 0.15) is 67.2 Å². The van der Waals surface area contributed by atoms with Crippen molar-refractivity contribution >= 4 is 6.09 Å². The van der Waals surface area contributed by atoms with Crippen molar-refractivity contribution in [1.82, 2.24) is 5.32 Å². The van der Waals surface area contributed by atoms with Gasteiger partial charge in [0.05, 0.1) is 0 Å². The van der Waals surface area contributed by atoms with Gasteiger partial charge in [-0.15, -0.1) is 0 Å². The summed E-state index contributed by atoms with van der Waals surface area (Å²) in [4.78, 5) is 22.2. The van der Waals surface area contributed by atoms with Crippen LogP contribution < -0.4 is 5.32 Å². The molecule has 0 aromatic carbocycles. The maximum atomic E-state index is 11.5. The number of hydrogen-bond donors (Lipinski definition) is 1. The first-order valence-electron chi connectivity index (χ1n) is 7.59. The molecule has 6 heteroatoms. The highest BCUT2D eigenvalue weighted by Gasteiger charge is 2.33. The number of hydrogen-bond acceptors (Lipinski definition) is 4. The first-order chi connectivity index (χ1) is 9.48. The van der Waals surface area contributed by atoms with Crippen molar-refractivity contribution in [3.63, 3.8) is 0 Å². The molecule has 0 saturated heterocycles. The number of rotatable bonds is 8. The summed E-state index contributed by atoms with van der Waals surface area (Å²) in [6.07, 6.45) is 2.71. The van der Waals surface area contributed by atoms with Crippen LogP contribution in [-0.4, -0.2) is 28.7 Å². The predicted octanol–water partition coefficient (Wildman–Crippen LogP) is 3.76. The number of nitrogens with zero attached hydrogens (tertiary/aromatic N) is 1. The minimum absolute atomic E-state index is 0.214. The fourth-order valence-electron chi connectivity index (χ4n) is 2.13. The Hall–Kier alpha value is -1.33. The molecule has 6 nitrogen and oxygen atoms in total. The molecule has 0 spiro atoms. The van der Waals surface area contributed by atoms with Gasteiger partial charge in [0.2, 0.25) is 5.54 Å². The van der Waals surface area contributed by atoms with Crippen LogP contribution in [0.5, 0.6) is 0 Å². The summed E-state index contributed by atoms with van der Waals surface area (Å²) in [6.45, 7) is 11.4. The van der Waals surface area contributed by atoms with Gasteiger partial charge in [-0.25, -0.2) is 4.79 Å². The molecule has 0 radical (unpaired) electrons. The lowest BCUT2D eigenvalue weighted by atomic mass is 9.86. The lowest BCUT2D eigenvalue weighted by Crippen LogP contribution is -2.34. The lowest BCUT2D eigenvalue weighted by molar-refractivity contribution is -0.563. The zero-order valence-corrected chi connectivity index (χ0v) is 14.2. The largest absolute Gasteiger partial charge is 0.444 e. The van der Waals surface area contributed by atoms with Gasteiger partial charge in [0.1, 0.15) is 5.60 Å². The number of amides is 1. The van der Waals surface area contributed by atoms with Crippen LogP contribution in [0.2, 0.25) is 0 Å². The molecule has 124 valence electrons. The lowest BCUT2D eigenvalue weighted by Gasteiger charge is -2.22.